The molecular formula is C20H26N4O4. The quantitative estimate of drug-likeness (QED) is 0.840. The Balaban J connectivity index is 1.40. The number of aryl methyl sites for hydroxylation is 1. The molecule has 2 N–H and O–H groups in total. The Morgan fingerprint density at radius 1 is 1.18 bits per heavy atom. The van der Waals surface area contributed by atoms with Crippen LogP contribution in [0.2, 0.25) is 0 Å². The molecule has 0 atom stereocenters. The summed E-state index contributed by atoms with van der Waals surface area (Å²) in [7, 11) is 0. The van der Waals surface area contributed by atoms with Gasteiger partial charge in [-0.25, -0.2) is 4.98 Å². The molecule has 28 heavy (non-hydrogen) atoms. The van der Waals surface area contributed by atoms with Crippen LogP contribution in [0.15, 0.2) is 15.5 Å². The van der Waals surface area contributed by atoms with E-state index < -0.39 is 0 Å². The maximum Gasteiger partial charge on any atom is 0.262 e. The Kier molecular flexibility index (Phi) is 5.19. The maximum atomic E-state index is 13.0. The van der Waals surface area contributed by atoms with Crippen LogP contribution < -0.4 is 10.9 Å². The van der Waals surface area contributed by atoms with Gasteiger partial charge in [-0.1, -0.05) is 19.3 Å². The molecule has 8 heteroatoms. The van der Waals surface area contributed by atoms with Crippen LogP contribution in [0, 0.1) is 12.8 Å². The Morgan fingerprint density at radius 2 is 1.89 bits per heavy atom. The fraction of sp³-hybridized carbons (Fsp3) is 0.600. The summed E-state index contributed by atoms with van der Waals surface area (Å²) >= 11 is 0. The Morgan fingerprint density at radius 3 is 2.61 bits per heavy atom. The third-order valence-corrected chi connectivity index (χ3v) is 5.99. The number of likely N-dealkylation sites (tertiary alicyclic amines) is 1. The van der Waals surface area contributed by atoms with Crippen molar-refractivity contribution in [1.29, 1.82) is 0 Å². The highest BCUT2D eigenvalue weighted by atomic mass is 16.3. The molecule has 0 aromatic carbocycles. The monoisotopic (exact) mass is 386 g/mol. The maximum absolute atomic E-state index is 13.0. The topological polar surface area (TPSA) is 108 Å². The zero-order valence-corrected chi connectivity index (χ0v) is 16.1. The van der Waals surface area contributed by atoms with E-state index in [4.69, 9.17) is 4.42 Å². The highest BCUT2D eigenvalue weighted by Gasteiger charge is 2.30. The summed E-state index contributed by atoms with van der Waals surface area (Å²) in [6.07, 6.45) is 8.17. The van der Waals surface area contributed by atoms with Crippen LogP contribution in [0.4, 0.5) is 0 Å². The first-order valence-electron chi connectivity index (χ1n) is 10.1. The molecule has 0 radical (unpaired) electrons. The van der Waals surface area contributed by atoms with Crippen LogP contribution in [0.5, 0.6) is 0 Å². The number of piperidine rings is 1. The third kappa shape index (κ3) is 3.55. The lowest BCUT2D eigenvalue weighted by Gasteiger charge is -2.33. The molecule has 4 rings (SSSR count). The van der Waals surface area contributed by atoms with Gasteiger partial charge in [0.2, 0.25) is 11.6 Å². The van der Waals surface area contributed by atoms with Gasteiger partial charge < -0.3 is 19.6 Å². The van der Waals surface area contributed by atoms with E-state index in [1.165, 1.54) is 12.7 Å². The molecule has 2 aliphatic rings. The number of aromatic nitrogens is 2. The van der Waals surface area contributed by atoms with Crippen molar-refractivity contribution in [2.75, 3.05) is 13.1 Å². The van der Waals surface area contributed by atoms with Crippen LogP contribution in [-0.2, 0) is 4.79 Å². The van der Waals surface area contributed by atoms with Crippen LogP contribution in [0.3, 0.4) is 0 Å². The molecule has 2 aromatic heterocycles. The lowest BCUT2D eigenvalue weighted by atomic mass is 9.88. The number of rotatable bonds is 3. The molecule has 2 aromatic rings. The van der Waals surface area contributed by atoms with E-state index in [-0.39, 0.29) is 46.0 Å². The van der Waals surface area contributed by atoms with Crippen molar-refractivity contribution in [2.24, 2.45) is 5.92 Å². The van der Waals surface area contributed by atoms with Gasteiger partial charge in [0.15, 0.2) is 0 Å². The van der Waals surface area contributed by atoms with Crippen LogP contribution in [0.25, 0.3) is 11.1 Å². The van der Waals surface area contributed by atoms with Gasteiger partial charge in [0, 0.05) is 25.0 Å². The number of hydrogen-bond acceptors (Lipinski definition) is 5. The summed E-state index contributed by atoms with van der Waals surface area (Å²) in [5.74, 6) is 0.495. The van der Waals surface area contributed by atoms with E-state index in [2.05, 4.69) is 15.3 Å². The minimum Gasteiger partial charge on any atom is -0.442 e. The highest BCUT2D eigenvalue weighted by molar-refractivity contribution is 6.06. The zero-order chi connectivity index (χ0) is 19.7. The smallest absolute Gasteiger partial charge is 0.262 e. The fourth-order valence-electron chi connectivity index (χ4n) is 4.38. The minimum atomic E-state index is -0.375. The second-order valence-electron chi connectivity index (χ2n) is 7.86. The van der Waals surface area contributed by atoms with Gasteiger partial charge in [0.25, 0.3) is 11.5 Å². The van der Waals surface area contributed by atoms with Gasteiger partial charge in [0.1, 0.15) is 11.1 Å². The van der Waals surface area contributed by atoms with Crippen molar-refractivity contribution in [3.05, 3.63) is 28.0 Å². The highest BCUT2D eigenvalue weighted by Crippen LogP contribution is 2.26. The van der Waals surface area contributed by atoms with Gasteiger partial charge in [-0.3, -0.25) is 14.4 Å². The van der Waals surface area contributed by atoms with Gasteiger partial charge in [-0.05, 0) is 32.6 Å². The first kappa shape index (κ1) is 18.7. The molecule has 8 nitrogen and oxygen atoms in total. The summed E-state index contributed by atoms with van der Waals surface area (Å²) in [6.45, 7) is 2.75. The Labute approximate surface area is 162 Å². The fourth-order valence-corrected chi connectivity index (χ4v) is 4.38. The molecule has 0 bridgehead atoms. The second kappa shape index (κ2) is 7.77. The number of furan rings is 1. The third-order valence-electron chi connectivity index (χ3n) is 5.99. The molecule has 2 fully saturated rings. The molecule has 2 amide bonds. The lowest BCUT2D eigenvalue weighted by Crippen LogP contribution is -2.48. The average molecular weight is 386 g/mol. The normalized spacial score (nSPS) is 19.1. The van der Waals surface area contributed by atoms with Crippen molar-refractivity contribution in [3.63, 3.8) is 0 Å². The predicted octanol–water partition coefficient (Wildman–Crippen LogP) is 2.13. The Bertz CT molecular complexity index is 933. The molecule has 150 valence electrons. The lowest BCUT2D eigenvalue weighted by molar-refractivity contribution is -0.126. The number of nitrogens with zero attached hydrogens (tertiary/aromatic N) is 2. The molecule has 1 aliphatic carbocycles. The van der Waals surface area contributed by atoms with Crippen molar-refractivity contribution >= 4 is 22.9 Å². The first-order valence-corrected chi connectivity index (χ1v) is 10.1. The largest absolute Gasteiger partial charge is 0.442 e. The van der Waals surface area contributed by atoms with E-state index in [0.717, 1.165) is 25.7 Å². The first-order chi connectivity index (χ1) is 13.5. The van der Waals surface area contributed by atoms with E-state index in [0.29, 0.717) is 31.7 Å². The van der Waals surface area contributed by atoms with Gasteiger partial charge in [-0.15, -0.1) is 0 Å². The number of aromatic amines is 1. The Hall–Kier alpha value is -2.64. The summed E-state index contributed by atoms with van der Waals surface area (Å²) in [5, 5.41) is 3.38. The SMILES string of the molecule is Cc1oc2nc[nH]c(=O)c2c1C(=O)N1CCC(NC(=O)C2CCCCC2)CC1. The molecule has 1 aliphatic heterocycles. The second-order valence-corrected chi connectivity index (χ2v) is 7.86. The summed E-state index contributed by atoms with van der Waals surface area (Å²) in [5.41, 5.74) is 0.0908. The zero-order valence-electron chi connectivity index (χ0n) is 16.1. The van der Waals surface area contributed by atoms with E-state index in [9.17, 15) is 14.4 Å². The van der Waals surface area contributed by atoms with E-state index >= 15 is 0 Å². The van der Waals surface area contributed by atoms with Crippen LogP contribution in [-0.4, -0.2) is 45.8 Å². The number of nitrogens with one attached hydrogen (secondary N) is 2. The number of amides is 2. The van der Waals surface area contributed by atoms with Gasteiger partial charge >= 0.3 is 0 Å². The number of hydrogen-bond donors (Lipinski definition) is 2. The summed E-state index contributed by atoms with van der Waals surface area (Å²) < 4.78 is 5.50. The number of H-pyrrole nitrogens is 1. The number of fused-ring (bicyclic) bond motifs is 1. The number of carbonyl (C=O) groups excluding carboxylic acids is 2. The van der Waals surface area contributed by atoms with Gasteiger partial charge in [-0.2, -0.15) is 0 Å². The molecule has 3 heterocycles. The summed E-state index contributed by atoms with van der Waals surface area (Å²) in [4.78, 5) is 45.8. The van der Waals surface area contributed by atoms with Gasteiger partial charge in [0.05, 0.1) is 11.9 Å². The average Bonchev–Trinajstić information content (AvgIpc) is 3.06. The molecule has 1 saturated carbocycles. The van der Waals surface area contributed by atoms with E-state index in [1.807, 2.05) is 0 Å². The van der Waals surface area contributed by atoms with Crippen molar-refractivity contribution in [3.8, 4) is 0 Å². The molecule has 0 unspecified atom stereocenters. The summed E-state index contributed by atoms with van der Waals surface area (Å²) in [6, 6.07) is 0.103. The minimum absolute atomic E-state index is 0.103. The molecule has 1 saturated heterocycles. The van der Waals surface area contributed by atoms with Crippen molar-refractivity contribution in [1.82, 2.24) is 20.2 Å². The van der Waals surface area contributed by atoms with Crippen molar-refractivity contribution in [2.45, 2.75) is 57.9 Å². The number of carbonyl (C=O) groups is 2. The van der Waals surface area contributed by atoms with E-state index in [1.54, 1.807) is 11.8 Å². The van der Waals surface area contributed by atoms with Crippen molar-refractivity contribution < 1.29 is 14.0 Å². The molecule has 0 spiro atoms. The predicted molar refractivity (Wildman–Crippen MR) is 103 cm³/mol. The van der Waals surface area contributed by atoms with Crippen LogP contribution in [0.1, 0.15) is 61.1 Å². The molecular weight excluding hydrogens is 360 g/mol. The van der Waals surface area contributed by atoms with Crippen LogP contribution >= 0.6 is 0 Å². The standard InChI is InChI=1S/C20H26N4O4/c1-12-15(16-18(26)21-11-22-19(16)28-12)20(27)24-9-7-14(8-10-24)23-17(25)13-5-3-2-4-6-13/h11,13-14H,2-10H2,1H3,(H,23,25)(H,21,22,26).